The number of carbonyl (C=O) groups excluding carboxylic acids is 1. The van der Waals surface area contributed by atoms with Crippen LogP contribution < -0.4 is 10.6 Å². The second-order valence-corrected chi connectivity index (χ2v) is 5.42. The molecule has 122 valence electrons. The number of Topliss-reactive ketones (excluding diaryl/α,β-unsaturated/α-hetero) is 1. The zero-order valence-corrected chi connectivity index (χ0v) is 13.6. The molecule has 7 heteroatoms. The third-order valence-electron chi connectivity index (χ3n) is 3.29. The summed E-state index contributed by atoms with van der Waals surface area (Å²) in [4.78, 5) is 20.1. The van der Waals surface area contributed by atoms with E-state index in [9.17, 15) is 4.79 Å². The van der Waals surface area contributed by atoms with Gasteiger partial charge in [-0.05, 0) is 45.0 Å². The first-order valence-corrected chi connectivity index (χ1v) is 7.43. The number of anilines is 4. The maximum Gasteiger partial charge on any atom is 0.230 e. The number of aryl methyl sites for hydroxylation is 2. The molecule has 0 saturated carbocycles. The molecule has 24 heavy (non-hydrogen) atoms. The molecular formula is C17H17N5O2. The van der Waals surface area contributed by atoms with Crippen LogP contribution in [0.2, 0.25) is 0 Å². The number of hydrogen-bond acceptors (Lipinski definition) is 7. The molecule has 2 aromatic heterocycles. The van der Waals surface area contributed by atoms with Crippen LogP contribution in [-0.2, 0) is 0 Å². The Hall–Kier alpha value is -3.22. The number of nitrogens with one attached hydrogen (secondary N) is 2. The minimum Gasteiger partial charge on any atom is -0.360 e. The van der Waals surface area contributed by atoms with Gasteiger partial charge in [-0.3, -0.25) is 4.79 Å². The van der Waals surface area contributed by atoms with Gasteiger partial charge in [-0.25, -0.2) is 4.98 Å². The Bertz CT molecular complexity index is 871. The van der Waals surface area contributed by atoms with Crippen LogP contribution >= 0.6 is 0 Å². The van der Waals surface area contributed by atoms with Gasteiger partial charge in [0.15, 0.2) is 11.6 Å². The third-order valence-corrected chi connectivity index (χ3v) is 3.29. The summed E-state index contributed by atoms with van der Waals surface area (Å²) < 4.78 is 5.01. The fraction of sp³-hybridized carbons (Fsp3) is 0.176. The van der Waals surface area contributed by atoms with E-state index in [0.29, 0.717) is 28.9 Å². The molecule has 0 aliphatic rings. The van der Waals surface area contributed by atoms with E-state index < -0.39 is 0 Å². The molecule has 0 atom stereocenters. The lowest BCUT2D eigenvalue weighted by atomic mass is 10.1. The number of rotatable bonds is 5. The van der Waals surface area contributed by atoms with Crippen molar-refractivity contribution in [3.05, 3.63) is 53.4 Å². The predicted molar refractivity (Wildman–Crippen MR) is 91.0 cm³/mol. The van der Waals surface area contributed by atoms with E-state index in [0.717, 1.165) is 11.4 Å². The molecule has 0 unspecified atom stereocenters. The standard InChI is InChI=1S/C17H17N5O2/c1-10-8-15(19-14-6-4-13(5-7-14)12(3)23)20-17(18-10)21-16-9-11(2)24-22-16/h4-9H,1-3H3,(H2,18,19,20,21,22). The summed E-state index contributed by atoms with van der Waals surface area (Å²) in [5, 5.41) is 10.1. The van der Waals surface area contributed by atoms with Gasteiger partial charge in [0.2, 0.25) is 5.95 Å². The monoisotopic (exact) mass is 323 g/mol. The van der Waals surface area contributed by atoms with E-state index in [-0.39, 0.29) is 5.78 Å². The van der Waals surface area contributed by atoms with Crippen LogP contribution in [0.5, 0.6) is 0 Å². The van der Waals surface area contributed by atoms with Crippen LogP contribution in [0.4, 0.5) is 23.3 Å². The minimum absolute atomic E-state index is 0.0359. The topological polar surface area (TPSA) is 92.9 Å². The number of carbonyl (C=O) groups is 1. The average Bonchev–Trinajstić information content (AvgIpc) is 2.92. The minimum atomic E-state index is 0.0359. The Morgan fingerprint density at radius 3 is 2.38 bits per heavy atom. The fourth-order valence-electron chi connectivity index (χ4n) is 2.16. The predicted octanol–water partition coefficient (Wildman–Crippen LogP) is 3.77. The zero-order valence-electron chi connectivity index (χ0n) is 13.6. The molecule has 0 saturated heterocycles. The Labute approximate surface area is 139 Å². The van der Waals surface area contributed by atoms with Crippen LogP contribution in [0.3, 0.4) is 0 Å². The Morgan fingerprint density at radius 1 is 1.00 bits per heavy atom. The summed E-state index contributed by atoms with van der Waals surface area (Å²) in [6, 6.07) is 10.8. The molecule has 0 fully saturated rings. The number of aromatic nitrogens is 3. The highest BCUT2D eigenvalue weighted by Gasteiger charge is 2.07. The number of hydrogen-bond donors (Lipinski definition) is 2. The Kier molecular flexibility index (Phi) is 4.24. The van der Waals surface area contributed by atoms with Gasteiger partial charge in [-0.15, -0.1) is 0 Å². The van der Waals surface area contributed by atoms with Gasteiger partial charge >= 0.3 is 0 Å². The second-order valence-electron chi connectivity index (χ2n) is 5.42. The molecule has 0 amide bonds. The molecule has 0 radical (unpaired) electrons. The summed E-state index contributed by atoms with van der Waals surface area (Å²) in [6.07, 6.45) is 0. The quantitative estimate of drug-likeness (QED) is 0.690. The van der Waals surface area contributed by atoms with Crippen LogP contribution in [0.25, 0.3) is 0 Å². The fourth-order valence-corrected chi connectivity index (χ4v) is 2.16. The van der Waals surface area contributed by atoms with Gasteiger partial charge < -0.3 is 15.2 Å². The van der Waals surface area contributed by atoms with Gasteiger partial charge in [-0.1, -0.05) is 5.16 Å². The van der Waals surface area contributed by atoms with E-state index in [1.54, 1.807) is 25.1 Å². The summed E-state index contributed by atoms with van der Waals surface area (Å²) >= 11 is 0. The third kappa shape index (κ3) is 3.75. The molecule has 1 aromatic carbocycles. The number of ketones is 1. The first-order valence-electron chi connectivity index (χ1n) is 7.43. The van der Waals surface area contributed by atoms with Crippen molar-refractivity contribution in [2.45, 2.75) is 20.8 Å². The van der Waals surface area contributed by atoms with Crippen molar-refractivity contribution < 1.29 is 9.32 Å². The maximum atomic E-state index is 11.3. The summed E-state index contributed by atoms with van der Waals surface area (Å²) in [5.74, 6) is 2.35. The van der Waals surface area contributed by atoms with Crippen molar-refractivity contribution in [3.63, 3.8) is 0 Å². The smallest absolute Gasteiger partial charge is 0.230 e. The molecule has 3 rings (SSSR count). The average molecular weight is 323 g/mol. The highest BCUT2D eigenvalue weighted by atomic mass is 16.5. The van der Waals surface area contributed by atoms with Crippen LogP contribution in [-0.4, -0.2) is 20.9 Å². The van der Waals surface area contributed by atoms with Crippen LogP contribution in [0, 0.1) is 13.8 Å². The van der Waals surface area contributed by atoms with Crippen LogP contribution in [0.15, 0.2) is 40.9 Å². The lowest BCUT2D eigenvalue weighted by molar-refractivity contribution is 0.101. The maximum absolute atomic E-state index is 11.3. The largest absolute Gasteiger partial charge is 0.360 e. The SMILES string of the molecule is CC(=O)c1ccc(Nc2cc(C)nc(Nc3cc(C)on3)n2)cc1. The van der Waals surface area contributed by atoms with E-state index in [1.807, 2.05) is 32.0 Å². The summed E-state index contributed by atoms with van der Waals surface area (Å²) in [7, 11) is 0. The molecule has 2 heterocycles. The van der Waals surface area contributed by atoms with Gasteiger partial charge in [0.05, 0.1) is 0 Å². The van der Waals surface area contributed by atoms with Gasteiger partial charge in [-0.2, -0.15) is 4.98 Å². The van der Waals surface area contributed by atoms with E-state index in [4.69, 9.17) is 4.52 Å². The Morgan fingerprint density at radius 2 is 1.75 bits per heavy atom. The first-order chi connectivity index (χ1) is 11.5. The molecule has 0 aliphatic carbocycles. The van der Waals surface area contributed by atoms with E-state index in [1.165, 1.54) is 0 Å². The lowest BCUT2D eigenvalue weighted by Crippen LogP contribution is -2.02. The van der Waals surface area contributed by atoms with E-state index in [2.05, 4.69) is 25.8 Å². The van der Waals surface area contributed by atoms with Crippen molar-refractivity contribution in [3.8, 4) is 0 Å². The van der Waals surface area contributed by atoms with Gasteiger partial charge in [0.1, 0.15) is 11.6 Å². The number of benzene rings is 1. The second kappa shape index (κ2) is 6.49. The van der Waals surface area contributed by atoms with Gasteiger partial charge in [0.25, 0.3) is 0 Å². The molecule has 0 aliphatic heterocycles. The molecule has 2 N–H and O–H groups in total. The van der Waals surface area contributed by atoms with Crippen molar-refractivity contribution in [1.29, 1.82) is 0 Å². The first kappa shape index (κ1) is 15.7. The van der Waals surface area contributed by atoms with Crippen molar-refractivity contribution in [2.24, 2.45) is 0 Å². The normalized spacial score (nSPS) is 10.5. The summed E-state index contributed by atoms with van der Waals surface area (Å²) in [5.41, 5.74) is 2.31. The highest BCUT2D eigenvalue weighted by molar-refractivity contribution is 5.94. The molecule has 3 aromatic rings. The van der Waals surface area contributed by atoms with E-state index >= 15 is 0 Å². The summed E-state index contributed by atoms with van der Waals surface area (Å²) in [6.45, 7) is 5.23. The molecule has 0 spiro atoms. The van der Waals surface area contributed by atoms with Crippen molar-refractivity contribution in [2.75, 3.05) is 10.6 Å². The molecular weight excluding hydrogens is 306 g/mol. The molecule has 7 nitrogen and oxygen atoms in total. The zero-order chi connectivity index (χ0) is 17.1. The lowest BCUT2D eigenvalue weighted by Gasteiger charge is -2.09. The molecule has 0 bridgehead atoms. The van der Waals surface area contributed by atoms with Crippen LogP contribution in [0.1, 0.15) is 28.7 Å². The Balaban J connectivity index is 1.79. The number of nitrogens with zero attached hydrogens (tertiary/aromatic N) is 3. The van der Waals surface area contributed by atoms with Crippen molar-refractivity contribution in [1.82, 2.24) is 15.1 Å². The highest BCUT2D eigenvalue weighted by Crippen LogP contribution is 2.19. The van der Waals surface area contributed by atoms with Crippen molar-refractivity contribution >= 4 is 29.1 Å². The van der Waals surface area contributed by atoms with Gasteiger partial charge in [0, 0.05) is 29.1 Å².